The maximum Gasteiger partial charge on any atom is 0.416 e. The molecule has 0 spiro atoms. The fraction of sp³-hybridized carbons (Fsp3) is 0.238. The van der Waals surface area contributed by atoms with Crippen molar-refractivity contribution in [3.63, 3.8) is 0 Å². The predicted octanol–water partition coefficient (Wildman–Crippen LogP) is 3.37. The fourth-order valence-electron chi connectivity index (χ4n) is 3.69. The summed E-state index contributed by atoms with van der Waals surface area (Å²) < 4.78 is 81.0. The fourth-order valence-corrected chi connectivity index (χ4v) is 5.10. The molecule has 174 valence electrons. The van der Waals surface area contributed by atoms with E-state index in [1.165, 1.54) is 41.4 Å². The summed E-state index contributed by atoms with van der Waals surface area (Å²) in [6.07, 6.45) is -2.09. The van der Waals surface area contributed by atoms with Gasteiger partial charge in [0, 0.05) is 31.4 Å². The molecular weight excluding hydrogens is 464 g/mol. The Morgan fingerprint density at radius 3 is 2.42 bits per heavy atom. The van der Waals surface area contributed by atoms with E-state index in [9.17, 15) is 30.8 Å². The zero-order chi connectivity index (χ0) is 24.0. The van der Waals surface area contributed by atoms with E-state index in [1.54, 1.807) is 7.05 Å². The summed E-state index contributed by atoms with van der Waals surface area (Å²) in [7, 11) is -2.75. The van der Waals surface area contributed by atoms with Crippen LogP contribution in [0.1, 0.15) is 17.0 Å². The maximum atomic E-state index is 13.4. The van der Waals surface area contributed by atoms with Crippen LogP contribution in [0.4, 0.5) is 23.2 Å². The van der Waals surface area contributed by atoms with Crippen molar-refractivity contribution < 1.29 is 30.8 Å². The second-order valence-electron chi connectivity index (χ2n) is 7.61. The van der Waals surface area contributed by atoms with E-state index >= 15 is 0 Å². The van der Waals surface area contributed by atoms with Gasteiger partial charge in [0.05, 0.1) is 11.9 Å². The second-order valence-corrected chi connectivity index (χ2v) is 9.42. The van der Waals surface area contributed by atoms with Gasteiger partial charge in [-0.15, -0.1) is 0 Å². The summed E-state index contributed by atoms with van der Waals surface area (Å²) in [4.78, 5) is 17.0. The third-order valence-corrected chi connectivity index (χ3v) is 6.97. The molecule has 0 bridgehead atoms. The normalized spacial score (nSPS) is 19.2. The van der Waals surface area contributed by atoms with Crippen LogP contribution in [0.3, 0.4) is 0 Å². The molecule has 1 amide bonds. The molecule has 1 fully saturated rings. The zero-order valence-electron chi connectivity index (χ0n) is 17.1. The number of alkyl halides is 3. The molecule has 0 saturated carbocycles. The van der Waals surface area contributed by atoms with E-state index in [0.29, 0.717) is 9.87 Å². The van der Waals surface area contributed by atoms with E-state index in [0.717, 1.165) is 24.3 Å². The van der Waals surface area contributed by atoms with Crippen LogP contribution in [-0.4, -0.2) is 40.8 Å². The molecule has 0 unspecified atom stereocenters. The van der Waals surface area contributed by atoms with Gasteiger partial charge in [0.15, 0.2) is 5.03 Å². The number of carbonyl (C=O) groups is 1. The van der Waals surface area contributed by atoms with Crippen molar-refractivity contribution in [3.8, 4) is 0 Å². The number of anilines is 1. The average Bonchev–Trinajstić information content (AvgIpc) is 3.33. The first kappa shape index (κ1) is 22.8. The second kappa shape index (κ2) is 8.18. The molecule has 12 heteroatoms. The number of aryl methyl sites for hydroxylation is 1. The molecule has 1 aliphatic heterocycles. The summed E-state index contributed by atoms with van der Waals surface area (Å²) in [5.41, 5.74) is -0.477. The highest BCUT2D eigenvalue weighted by Gasteiger charge is 2.47. The molecule has 1 N–H and O–H groups in total. The van der Waals surface area contributed by atoms with Crippen LogP contribution >= 0.6 is 0 Å². The van der Waals surface area contributed by atoms with Gasteiger partial charge in [0.25, 0.3) is 15.9 Å². The van der Waals surface area contributed by atoms with Gasteiger partial charge >= 0.3 is 6.18 Å². The summed E-state index contributed by atoms with van der Waals surface area (Å²) >= 11 is 0. The van der Waals surface area contributed by atoms with Gasteiger partial charge in [-0.2, -0.15) is 21.6 Å². The molecule has 0 radical (unpaired) electrons. The minimum Gasteiger partial charge on any atom is -0.373 e. The van der Waals surface area contributed by atoms with Crippen LogP contribution in [-0.2, 0) is 28.0 Å². The number of amides is 1. The van der Waals surface area contributed by atoms with Gasteiger partial charge < -0.3 is 9.88 Å². The van der Waals surface area contributed by atoms with Gasteiger partial charge in [-0.05, 0) is 35.9 Å². The quantitative estimate of drug-likeness (QED) is 0.564. The molecule has 2 atom stereocenters. The van der Waals surface area contributed by atoms with Gasteiger partial charge in [0.2, 0.25) is 0 Å². The van der Waals surface area contributed by atoms with E-state index in [4.69, 9.17) is 0 Å². The molecule has 2 aromatic carbocycles. The standard InChI is InChI=1S/C21H18F4N4O3S/c1-28-11-18(26-12-28)33(31,32)29-10-17(13-5-7-15(22)8-6-13)19(20(29)30)27-16-4-2-3-14(9-16)21(23,24)25/h2-9,11-12,17,19,27H,10H2,1H3/t17-,19-/m1/s1. The number of carbonyl (C=O) groups excluding carboxylic acids is 1. The van der Waals surface area contributed by atoms with Gasteiger partial charge in [-0.3, -0.25) is 4.79 Å². The van der Waals surface area contributed by atoms with Crippen molar-refractivity contribution in [2.75, 3.05) is 11.9 Å². The largest absolute Gasteiger partial charge is 0.416 e. The molecule has 3 aromatic rings. The number of benzene rings is 2. The minimum absolute atomic E-state index is 0.00706. The summed E-state index contributed by atoms with van der Waals surface area (Å²) in [5.74, 6) is -2.16. The number of nitrogens with zero attached hydrogens (tertiary/aromatic N) is 3. The van der Waals surface area contributed by atoms with Crippen LogP contribution in [0.15, 0.2) is 66.1 Å². The smallest absolute Gasteiger partial charge is 0.373 e. The maximum absolute atomic E-state index is 13.4. The molecule has 2 heterocycles. The number of aromatic nitrogens is 2. The SMILES string of the molecule is Cn1cnc(S(=O)(=O)N2C[C@H](c3ccc(F)cc3)[C@@H](Nc3cccc(C(F)(F)F)c3)C2=O)c1. The minimum atomic E-state index is -4.60. The average molecular weight is 482 g/mol. The molecule has 7 nitrogen and oxygen atoms in total. The van der Waals surface area contributed by atoms with E-state index < -0.39 is 45.4 Å². The molecule has 33 heavy (non-hydrogen) atoms. The molecular formula is C21H18F4N4O3S. The Balaban J connectivity index is 1.72. The summed E-state index contributed by atoms with van der Waals surface area (Å²) in [6, 6.07) is 8.18. The number of halogens is 4. The molecule has 1 aromatic heterocycles. The Morgan fingerprint density at radius 1 is 1.12 bits per heavy atom. The van der Waals surface area contributed by atoms with Crippen molar-refractivity contribution in [2.24, 2.45) is 7.05 Å². The lowest BCUT2D eigenvalue weighted by Crippen LogP contribution is -2.38. The number of hydrogen-bond donors (Lipinski definition) is 1. The van der Waals surface area contributed by atoms with Gasteiger partial charge in [0.1, 0.15) is 11.9 Å². The Kier molecular flexibility index (Phi) is 5.64. The number of rotatable bonds is 5. The van der Waals surface area contributed by atoms with Crippen molar-refractivity contribution in [2.45, 2.75) is 23.2 Å². The third kappa shape index (κ3) is 4.42. The van der Waals surface area contributed by atoms with Crippen LogP contribution in [0, 0.1) is 5.82 Å². The molecule has 4 rings (SSSR count). The van der Waals surface area contributed by atoms with Crippen LogP contribution < -0.4 is 5.32 Å². The number of nitrogens with one attached hydrogen (secondary N) is 1. The van der Waals surface area contributed by atoms with Gasteiger partial charge in [-0.1, -0.05) is 18.2 Å². The van der Waals surface area contributed by atoms with Crippen molar-refractivity contribution in [3.05, 3.63) is 78.0 Å². The van der Waals surface area contributed by atoms with E-state index in [1.807, 2.05) is 0 Å². The first-order valence-corrected chi connectivity index (χ1v) is 11.1. The lowest BCUT2D eigenvalue weighted by Gasteiger charge is -2.20. The zero-order valence-corrected chi connectivity index (χ0v) is 17.9. The Morgan fingerprint density at radius 2 is 1.82 bits per heavy atom. The topological polar surface area (TPSA) is 84.3 Å². The Bertz CT molecular complexity index is 1290. The lowest BCUT2D eigenvalue weighted by atomic mass is 9.93. The summed E-state index contributed by atoms with van der Waals surface area (Å²) in [6.45, 7) is -0.292. The number of hydrogen-bond acceptors (Lipinski definition) is 5. The van der Waals surface area contributed by atoms with Crippen molar-refractivity contribution in [1.29, 1.82) is 0 Å². The molecule has 1 saturated heterocycles. The Hall–Kier alpha value is -3.41. The molecule has 1 aliphatic rings. The highest BCUT2D eigenvalue weighted by molar-refractivity contribution is 7.89. The lowest BCUT2D eigenvalue weighted by molar-refractivity contribution is -0.137. The van der Waals surface area contributed by atoms with Crippen LogP contribution in [0.5, 0.6) is 0 Å². The summed E-state index contributed by atoms with van der Waals surface area (Å²) in [5, 5.41) is 2.41. The van der Waals surface area contributed by atoms with Gasteiger partial charge in [-0.25, -0.2) is 13.7 Å². The van der Waals surface area contributed by atoms with E-state index in [2.05, 4.69) is 10.3 Å². The predicted molar refractivity (Wildman–Crippen MR) is 110 cm³/mol. The third-order valence-electron chi connectivity index (χ3n) is 5.32. The number of sulfonamides is 1. The van der Waals surface area contributed by atoms with Crippen LogP contribution in [0.2, 0.25) is 0 Å². The van der Waals surface area contributed by atoms with Crippen molar-refractivity contribution >= 4 is 21.6 Å². The highest BCUT2D eigenvalue weighted by Crippen LogP contribution is 2.36. The molecule has 0 aliphatic carbocycles. The first-order chi connectivity index (χ1) is 15.5. The number of imidazole rings is 1. The van der Waals surface area contributed by atoms with Crippen LogP contribution in [0.25, 0.3) is 0 Å². The Labute approximate surface area is 186 Å². The van der Waals surface area contributed by atoms with Crippen molar-refractivity contribution in [1.82, 2.24) is 13.9 Å². The van der Waals surface area contributed by atoms with E-state index in [-0.39, 0.29) is 17.3 Å². The monoisotopic (exact) mass is 482 g/mol. The first-order valence-electron chi connectivity index (χ1n) is 9.70. The highest BCUT2D eigenvalue weighted by atomic mass is 32.2.